The third kappa shape index (κ3) is 5.20. The van der Waals surface area contributed by atoms with E-state index in [0.29, 0.717) is 22.5 Å². The van der Waals surface area contributed by atoms with E-state index >= 15 is 0 Å². The van der Waals surface area contributed by atoms with E-state index in [1.165, 1.54) is 11.3 Å². The van der Waals surface area contributed by atoms with E-state index in [1.807, 2.05) is 18.2 Å². The Morgan fingerprint density at radius 3 is 2.37 bits per heavy atom. The van der Waals surface area contributed by atoms with Gasteiger partial charge < -0.3 is 14.8 Å². The number of thiocarbonyl (C=S) groups is 1. The number of ether oxygens (including phenoxy) is 2. The fourth-order valence-corrected chi connectivity index (χ4v) is 3.49. The van der Waals surface area contributed by atoms with Crippen molar-refractivity contribution in [2.45, 2.75) is 31.6 Å². The van der Waals surface area contributed by atoms with E-state index in [-0.39, 0.29) is 0 Å². The maximum Gasteiger partial charge on any atom is 0.191 e. The van der Waals surface area contributed by atoms with Crippen molar-refractivity contribution >= 4 is 28.7 Å². The minimum Gasteiger partial charge on any atom is -0.493 e. The van der Waals surface area contributed by atoms with Gasteiger partial charge in [0, 0.05) is 17.5 Å². The summed E-state index contributed by atoms with van der Waals surface area (Å²) in [5.74, 6) is 1.95. The molecular formula is C21H25N3O2S. The van der Waals surface area contributed by atoms with Crippen LogP contribution in [-0.4, -0.2) is 25.0 Å². The summed E-state index contributed by atoms with van der Waals surface area (Å²) in [6.07, 6.45) is 4.23. The molecule has 2 aromatic rings. The van der Waals surface area contributed by atoms with Crippen molar-refractivity contribution < 1.29 is 9.47 Å². The molecule has 3 rings (SSSR count). The number of benzene rings is 2. The summed E-state index contributed by atoms with van der Waals surface area (Å²) < 4.78 is 10.5. The average molecular weight is 384 g/mol. The van der Waals surface area contributed by atoms with E-state index in [9.17, 15) is 0 Å². The normalized spacial score (nSPS) is 16.4. The summed E-state index contributed by atoms with van der Waals surface area (Å²) in [5, 5.41) is 8.07. The van der Waals surface area contributed by atoms with Crippen LogP contribution < -0.4 is 20.2 Å². The van der Waals surface area contributed by atoms with Gasteiger partial charge in [0.25, 0.3) is 0 Å². The number of nitrogens with one attached hydrogen (secondary N) is 2. The first-order valence-electron chi connectivity index (χ1n) is 9.09. The van der Waals surface area contributed by atoms with Crippen molar-refractivity contribution in [2.24, 2.45) is 5.10 Å². The van der Waals surface area contributed by atoms with Gasteiger partial charge in [-0.1, -0.05) is 30.3 Å². The summed E-state index contributed by atoms with van der Waals surface area (Å²) >= 11 is 5.34. The van der Waals surface area contributed by atoms with Crippen LogP contribution in [0.15, 0.2) is 53.6 Å². The lowest BCUT2D eigenvalue weighted by Crippen LogP contribution is -2.26. The smallest absolute Gasteiger partial charge is 0.191 e. The number of hydrogen-bond donors (Lipinski definition) is 2. The largest absolute Gasteiger partial charge is 0.493 e. The third-order valence-electron chi connectivity index (χ3n) is 4.79. The van der Waals surface area contributed by atoms with Crippen LogP contribution in [0.2, 0.25) is 0 Å². The highest BCUT2D eigenvalue weighted by molar-refractivity contribution is 7.80. The van der Waals surface area contributed by atoms with Crippen LogP contribution in [0.4, 0.5) is 5.69 Å². The molecule has 1 saturated carbocycles. The Bertz CT molecular complexity index is 798. The molecule has 0 amide bonds. The molecule has 2 N–H and O–H groups in total. The maximum absolute atomic E-state index is 5.34. The summed E-state index contributed by atoms with van der Waals surface area (Å²) in [5.41, 5.74) is 6.37. The second-order valence-electron chi connectivity index (χ2n) is 6.50. The van der Waals surface area contributed by atoms with Gasteiger partial charge in [0.15, 0.2) is 16.6 Å². The molecule has 0 saturated heterocycles. The van der Waals surface area contributed by atoms with Gasteiger partial charge in [0.05, 0.1) is 14.2 Å². The predicted octanol–water partition coefficient (Wildman–Crippen LogP) is 4.70. The summed E-state index contributed by atoms with van der Waals surface area (Å²) in [6, 6.07) is 16.3. The minimum atomic E-state index is 0.458. The number of methoxy groups -OCH3 is 2. The molecular weight excluding hydrogens is 358 g/mol. The zero-order chi connectivity index (χ0) is 19.1. The lowest BCUT2D eigenvalue weighted by molar-refractivity contribution is 0.355. The van der Waals surface area contributed by atoms with E-state index < -0.39 is 0 Å². The minimum absolute atomic E-state index is 0.458. The molecule has 27 heavy (non-hydrogen) atoms. The number of anilines is 1. The highest BCUT2D eigenvalue weighted by Gasteiger charge is 2.19. The second-order valence-corrected chi connectivity index (χ2v) is 6.91. The Morgan fingerprint density at radius 1 is 1.00 bits per heavy atom. The molecule has 6 heteroatoms. The van der Waals surface area contributed by atoms with Crippen molar-refractivity contribution in [1.82, 2.24) is 5.43 Å². The number of hydrazone groups is 1. The lowest BCUT2D eigenvalue weighted by Gasteiger charge is -2.23. The van der Waals surface area contributed by atoms with Crippen LogP contribution in [0.25, 0.3) is 0 Å². The highest BCUT2D eigenvalue weighted by atomic mass is 32.1. The zero-order valence-electron chi connectivity index (χ0n) is 15.7. The lowest BCUT2D eigenvalue weighted by atomic mass is 9.83. The summed E-state index contributed by atoms with van der Waals surface area (Å²) in [6.45, 7) is 0. The molecule has 1 aliphatic carbocycles. The van der Waals surface area contributed by atoms with Gasteiger partial charge in [-0.15, -0.1) is 0 Å². The molecule has 5 nitrogen and oxygen atoms in total. The molecule has 0 atom stereocenters. The predicted molar refractivity (Wildman–Crippen MR) is 114 cm³/mol. The van der Waals surface area contributed by atoms with Crippen LogP contribution in [-0.2, 0) is 0 Å². The van der Waals surface area contributed by atoms with Crippen LogP contribution in [0.1, 0.15) is 37.2 Å². The van der Waals surface area contributed by atoms with Crippen molar-refractivity contribution in [3.05, 3.63) is 54.1 Å². The van der Waals surface area contributed by atoms with E-state index in [2.05, 4.69) is 46.2 Å². The van der Waals surface area contributed by atoms with Crippen LogP contribution in [0.5, 0.6) is 11.5 Å². The van der Waals surface area contributed by atoms with E-state index in [4.69, 9.17) is 21.7 Å². The third-order valence-corrected chi connectivity index (χ3v) is 4.98. The van der Waals surface area contributed by atoms with Gasteiger partial charge in [0.1, 0.15) is 0 Å². The van der Waals surface area contributed by atoms with Crippen molar-refractivity contribution in [3.63, 3.8) is 0 Å². The van der Waals surface area contributed by atoms with Gasteiger partial charge in [-0.2, -0.15) is 5.10 Å². The van der Waals surface area contributed by atoms with Gasteiger partial charge in [0.2, 0.25) is 0 Å². The fourth-order valence-electron chi connectivity index (χ4n) is 3.32. The fraction of sp³-hybridized carbons (Fsp3) is 0.333. The Kier molecular flexibility index (Phi) is 6.65. The molecule has 0 bridgehead atoms. The zero-order valence-corrected chi connectivity index (χ0v) is 16.5. The first-order valence-corrected chi connectivity index (χ1v) is 9.50. The van der Waals surface area contributed by atoms with Crippen molar-refractivity contribution in [3.8, 4) is 11.5 Å². The SMILES string of the molecule is COc1ccc(NC(=S)NN=C2CCC(c3ccccc3)CC2)cc1OC. The highest BCUT2D eigenvalue weighted by Crippen LogP contribution is 2.31. The standard InChI is InChI=1S/C21H25N3O2S/c1-25-19-13-12-18(14-20(19)26-2)22-21(27)24-23-17-10-8-16(9-11-17)15-6-4-3-5-7-15/h3-7,12-14,16H,8-11H2,1-2H3,(H2,22,24,27). The van der Waals surface area contributed by atoms with Gasteiger partial charge in [-0.3, -0.25) is 5.43 Å². The molecule has 0 aromatic heterocycles. The molecule has 0 unspecified atom stereocenters. The van der Waals surface area contributed by atoms with Gasteiger partial charge in [-0.25, -0.2) is 0 Å². The molecule has 1 aliphatic rings. The van der Waals surface area contributed by atoms with Crippen LogP contribution >= 0.6 is 12.2 Å². The molecule has 1 fully saturated rings. The molecule has 2 aromatic carbocycles. The monoisotopic (exact) mass is 383 g/mol. The van der Waals surface area contributed by atoms with Crippen molar-refractivity contribution in [2.75, 3.05) is 19.5 Å². The van der Waals surface area contributed by atoms with Crippen LogP contribution in [0, 0.1) is 0 Å². The number of nitrogens with zero attached hydrogens (tertiary/aromatic N) is 1. The first-order chi connectivity index (χ1) is 13.2. The molecule has 142 valence electrons. The maximum atomic E-state index is 5.34. The molecule has 0 spiro atoms. The Balaban J connectivity index is 1.51. The summed E-state index contributed by atoms with van der Waals surface area (Å²) in [4.78, 5) is 0. The van der Waals surface area contributed by atoms with Crippen molar-refractivity contribution in [1.29, 1.82) is 0 Å². The first kappa shape index (κ1) is 19.2. The summed E-state index contributed by atoms with van der Waals surface area (Å²) in [7, 11) is 3.22. The molecule has 0 aliphatic heterocycles. The molecule has 0 heterocycles. The van der Waals surface area contributed by atoms with Gasteiger partial charge in [-0.05, 0) is 61.5 Å². The Hall–Kier alpha value is -2.60. The van der Waals surface area contributed by atoms with E-state index in [1.54, 1.807) is 14.2 Å². The number of hydrogen-bond acceptors (Lipinski definition) is 4. The average Bonchev–Trinajstić information content (AvgIpc) is 2.73. The Labute approximate surface area is 165 Å². The van der Waals surface area contributed by atoms with E-state index in [0.717, 1.165) is 31.4 Å². The second kappa shape index (κ2) is 9.37. The Morgan fingerprint density at radius 2 is 1.70 bits per heavy atom. The topological polar surface area (TPSA) is 54.9 Å². The quantitative estimate of drug-likeness (QED) is 0.579. The van der Waals surface area contributed by atoms with Gasteiger partial charge >= 0.3 is 0 Å². The number of rotatable bonds is 5. The molecule has 0 radical (unpaired) electrons. The van der Waals surface area contributed by atoms with Crippen LogP contribution in [0.3, 0.4) is 0 Å².